The average molecular weight is 370 g/mol. The maximum atomic E-state index is 13.8. The maximum absolute atomic E-state index is 13.8. The first-order valence-corrected chi connectivity index (χ1v) is 9.28. The predicted molar refractivity (Wildman–Crippen MR) is 97.4 cm³/mol. The van der Waals surface area contributed by atoms with Crippen molar-refractivity contribution in [3.63, 3.8) is 0 Å². The second-order valence-electron chi connectivity index (χ2n) is 7.29. The van der Waals surface area contributed by atoms with Crippen LogP contribution in [-0.4, -0.2) is 47.7 Å². The molecule has 4 rings (SSSR count). The average Bonchev–Trinajstić information content (AvgIpc) is 3.07. The Morgan fingerprint density at radius 3 is 2.93 bits per heavy atom. The summed E-state index contributed by atoms with van der Waals surface area (Å²) >= 11 is 0. The quantitative estimate of drug-likeness (QED) is 0.784. The Morgan fingerprint density at radius 2 is 2.15 bits per heavy atom. The van der Waals surface area contributed by atoms with Crippen LogP contribution in [0.1, 0.15) is 17.5 Å². The van der Waals surface area contributed by atoms with E-state index >= 15 is 0 Å². The molecule has 2 fully saturated rings. The van der Waals surface area contributed by atoms with Crippen molar-refractivity contribution in [2.45, 2.75) is 25.0 Å². The highest BCUT2D eigenvalue weighted by Gasteiger charge is 2.54. The van der Waals surface area contributed by atoms with Crippen LogP contribution in [0, 0.1) is 11.7 Å². The first kappa shape index (κ1) is 18.1. The second kappa shape index (κ2) is 7.74. The number of halogens is 1. The predicted octanol–water partition coefficient (Wildman–Crippen LogP) is 2.60. The van der Waals surface area contributed by atoms with Gasteiger partial charge in [0.15, 0.2) is 0 Å². The van der Waals surface area contributed by atoms with Crippen LogP contribution >= 0.6 is 0 Å². The molecule has 1 amide bonds. The minimum Gasteiger partial charge on any atom is -0.376 e. The normalized spacial score (nSPS) is 20.6. The monoisotopic (exact) mass is 370 g/mol. The van der Waals surface area contributed by atoms with Crippen LogP contribution in [0.2, 0.25) is 0 Å². The fraction of sp³-hybridized carbons (Fsp3) is 0.429. The molecule has 2 aliphatic heterocycles. The lowest BCUT2D eigenvalue weighted by atomic mass is 9.81. The first-order chi connectivity index (χ1) is 13.2. The van der Waals surface area contributed by atoms with Crippen molar-refractivity contribution in [3.05, 3.63) is 65.7 Å². The molecule has 1 unspecified atom stereocenters. The van der Waals surface area contributed by atoms with Gasteiger partial charge in [-0.1, -0.05) is 24.3 Å². The van der Waals surface area contributed by atoms with Gasteiger partial charge >= 0.3 is 0 Å². The standard InChI is InChI=1S/C21H23FN2O3/c22-19-6-2-1-5-17(19)10-20(25)24-14-21(15-24)18(7-9-27-21)13-26-12-16-4-3-8-23-11-16/h1-6,8,11,18H,7,9-10,12-15H2. The van der Waals surface area contributed by atoms with E-state index in [1.54, 1.807) is 35.5 Å². The Morgan fingerprint density at radius 1 is 1.30 bits per heavy atom. The van der Waals surface area contributed by atoms with Gasteiger partial charge in [-0.3, -0.25) is 9.78 Å². The minimum absolute atomic E-state index is 0.0590. The molecule has 1 spiro atoms. The number of aromatic nitrogens is 1. The lowest BCUT2D eigenvalue weighted by molar-refractivity contribution is -0.168. The van der Waals surface area contributed by atoms with Gasteiger partial charge < -0.3 is 14.4 Å². The maximum Gasteiger partial charge on any atom is 0.227 e. The summed E-state index contributed by atoms with van der Waals surface area (Å²) < 4.78 is 25.6. The molecular formula is C21H23FN2O3. The highest BCUT2D eigenvalue weighted by molar-refractivity contribution is 5.80. The largest absolute Gasteiger partial charge is 0.376 e. The van der Waals surface area contributed by atoms with E-state index < -0.39 is 0 Å². The Kier molecular flexibility index (Phi) is 5.18. The van der Waals surface area contributed by atoms with E-state index in [2.05, 4.69) is 4.98 Å². The molecular weight excluding hydrogens is 347 g/mol. The van der Waals surface area contributed by atoms with Gasteiger partial charge in [-0.25, -0.2) is 4.39 Å². The summed E-state index contributed by atoms with van der Waals surface area (Å²) in [5.74, 6) is -0.122. The summed E-state index contributed by atoms with van der Waals surface area (Å²) in [6.45, 7) is 2.93. The molecule has 27 heavy (non-hydrogen) atoms. The molecule has 2 aliphatic rings. The zero-order chi connectivity index (χ0) is 18.7. The third-order valence-corrected chi connectivity index (χ3v) is 5.48. The SMILES string of the molecule is O=C(Cc1ccccc1F)N1CC2(C1)OCCC2COCc1cccnc1. The molecule has 0 N–H and O–H groups in total. The second-order valence-corrected chi connectivity index (χ2v) is 7.29. The topological polar surface area (TPSA) is 51.7 Å². The van der Waals surface area contributed by atoms with Gasteiger partial charge in [0.05, 0.1) is 32.7 Å². The molecule has 0 bridgehead atoms. The number of likely N-dealkylation sites (tertiary alicyclic amines) is 1. The van der Waals surface area contributed by atoms with E-state index in [1.165, 1.54) is 6.07 Å². The Balaban J connectivity index is 1.28. The number of benzene rings is 1. The van der Waals surface area contributed by atoms with Crippen LogP contribution in [0.4, 0.5) is 4.39 Å². The Labute approximate surface area is 158 Å². The van der Waals surface area contributed by atoms with Gasteiger partial charge in [-0.15, -0.1) is 0 Å². The van der Waals surface area contributed by atoms with Crippen LogP contribution in [-0.2, 0) is 27.3 Å². The van der Waals surface area contributed by atoms with Crippen LogP contribution in [0.25, 0.3) is 0 Å². The smallest absolute Gasteiger partial charge is 0.227 e. The van der Waals surface area contributed by atoms with E-state index in [-0.39, 0.29) is 29.7 Å². The number of hydrogen-bond donors (Lipinski definition) is 0. The van der Waals surface area contributed by atoms with Crippen LogP contribution in [0.15, 0.2) is 48.8 Å². The third kappa shape index (κ3) is 3.87. The Bertz CT molecular complexity index is 793. The molecule has 2 saturated heterocycles. The summed E-state index contributed by atoms with van der Waals surface area (Å²) in [7, 11) is 0. The molecule has 0 aliphatic carbocycles. The summed E-state index contributed by atoms with van der Waals surface area (Å²) in [6, 6.07) is 10.3. The van der Waals surface area contributed by atoms with E-state index in [0.717, 1.165) is 12.0 Å². The van der Waals surface area contributed by atoms with Gasteiger partial charge in [0, 0.05) is 24.9 Å². The van der Waals surface area contributed by atoms with E-state index in [9.17, 15) is 9.18 Å². The lowest BCUT2D eigenvalue weighted by Gasteiger charge is -2.50. The number of amides is 1. The molecule has 2 aromatic rings. The molecule has 1 aromatic heterocycles. The number of hydrogen-bond acceptors (Lipinski definition) is 4. The van der Waals surface area contributed by atoms with Crippen molar-refractivity contribution in [2.75, 3.05) is 26.3 Å². The van der Waals surface area contributed by atoms with E-state index in [1.807, 2.05) is 12.1 Å². The van der Waals surface area contributed by atoms with Gasteiger partial charge in [0.25, 0.3) is 0 Å². The molecule has 1 aromatic carbocycles. The highest BCUT2D eigenvalue weighted by Crippen LogP contribution is 2.40. The van der Waals surface area contributed by atoms with Crippen molar-refractivity contribution in [2.24, 2.45) is 5.92 Å². The number of carbonyl (C=O) groups excluding carboxylic acids is 1. The number of rotatable bonds is 6. The van der Waals surface area contributed by atoms with Crippen molar-refractivity contribution < 1.29 is 18.7 Å². The van der Waals surface area contributed by atoms with Gasteiger partial charge in [-0.05, 0) is 29.7 Å². The summed E-state index contributed by atoms with van der Waals surface area (Å²) in [5, 5.41) is 0. The molecule has 6 heteroatoms. The van der Waals surface area contributed by atoms with Crippen LogP contribution in [0.3, 0.4) is 0 Å². The molecule has 0 saturated carbocycles. The molecule has 142 valence electrons. The molecule has 1 atom stereocenters. The molecule has 5 nitrogen and oxygen atoms in total. The Hall–Kier alpha value is -2.31. The van der Waals surface area contributed by atoms with Gasteiger partial charge in [-0.2, -0.15) is 0 Å². The summed E-state index contributed by atoms with van der Waals surface area (Å²) in [6.07, 6.45) is 4.56. The summed E-state index contributed by atoms with van der Waals surface area (Å²) in [4.78, 5) is 18.3. The van der Waals surface area contributed by atoms with Crippen molar-refractivity contribution in [1.29, 1.82) is 0 Å². The minimum atomic E-state index is -0.333. The van der Waals surface area contributed by atoms with Gasteiger partial charge in [0.1, 0.15) is 11.4 Å². The highest BCUT2D eigenvalue weighted by atomic mass is 19.1. The molecule has 3 heterocycles. The fourth-order valence-corrected chi connectivity index (χ4v) is 3.87. The lowest BCUT2D eigenvalue weighted by Crippen LogP contribution is -2.66. The number of ether oxygens (including phenoxy) is 2. The first-order valence-electron chi connectivity index (χ1n) is 9.28. The van der Waals surface area contributed by atoms with E-state index in [4.69, 9.17) is 9.47 Å². The van der Waals surface area contributed by atoms with Crippen LogP contribution < -0.4 is 0 Å². The zero-order valence-corrected chi connectivity index (χ0v) is 15.1. The number of pyridine rings is 1. The number of nitrogens with zero attached hydrogens (tertiary/aromatic N) is 2. The fourth-order valence-electron chi connectivity index (χ4n) is 3.87. The zero-order valence-electron chi connectivity index (χ0n) is 15.1. The van der Waals surface area contributed by atoms with Crippen molar-refractivity contribution in [3.8, 4) is 0 Å². The van der Waals surface area contributed by atoms with Crippen LogP contribution in [0.5, 0.6) is 0 Å². The summed E-state index contributed by atoms with van der Waals surface area (Å²) in [5.41, 5.74) is 1.17. The van der Waals surface area contributed by atoms with Crippen molar-refractivity contribution >= 4 is 5.91 Å². The van der Waals surface area contributed by atoms with Crippen molar-refractivity contribution in [1.82, 2.24) is 9.88 Å². The van der Waals surface area contributed by atoms with Gasteiger partial charge in [0.2, 0.25) is 5.91 Å². The third-order valence-electron chi connectivity index (χ3n) is 5.48. The molecule has 0 radical (unpaired) electrons. The van der Waals surface area contributed by atoms with E-state index in [0.29, 0.717) is 38.5 Å². The number of carbonyl (C=O) groups is 1.